The van der Waals surface area contributed by atoms with Crippen LogP contribution < -0.4 is 0 Å². The van der Waals surface area contributed by atoms with E-state index in [0.717, 1.165) is 23.7 Å². The van der Waals surface area contributed by atoms with Crippen molar-refractivity contribution in [3.63, 3.8) is 0 Å². The lowest BCUT2D eigenvalue weighted by atomic mass is 9.71. The van der Waals surface area contributed by atoms with E-state index in [4.69, 9.17) is 11.6 Å². The zero-order chi connectivity index (χ0) is 10.1. The van der Waals surface area contributed by atoms with Crippen molar-refractivity contribution in [2.45, 2.75) is 57.7 Å². The summed E-state index contributed by atoms with van der Waals surface area (Å²) in [4.78, 5) is 0. The van der Waals surface area contributed by atoms with E-state index in [2.05, 4.69) is 13.8 Å². The first-order valence-electron chi connectivity index (χ1n) is 6.32. The van der Waals surface area contributed by atoms with E-state index in [0.29, 0.717) is 5.38 Å². The Morgan fingerprint density at radius 2 is 1.71 bits per heavy atom. The van der Waals surface area contributed by atoms with Gasteiger partial charge in [-0.15, -0.1) is 11.6 Å². The first-order valence-corrected chi connectivity index (χ1v) is 6.76. The van der Waals surface area contributed by atoms with Crippen molar-refractivity contribution in [3.05, 3.63) is 0 Å². The minimum absolute atomic E-state index is 0.501. The van der Waals surface area contributed by atoms with E-state index >= 15 is 0 Å². The average Bonchev–Trinajstić information content (AvgIpc) is 2.57. The average molecular weight is 215 g/mol. The molecule has 0 aromatic heterocycles. The molecule has 0 nitrogen and oxygen atoms in total. The van der Waals surface area contributed by atoms with E-state index in [1.165, 1.54) is 38.5 Å². The van der Waals surface area contributed by atoms with Gasteiger partial charge in [-0.2, -0.15) is 0 Å². The third-order valence-electron chi connectivity index (χ3n) is 4.73. The molecule has 0 aromatic rings. The van der Waals surface area contributed by atoms with Crippen LogP contribution in [-0.4, -0.2) is 5.38 Å². The maximum atomic E-state index is 6.40. The Kier molecular flexibility index (Phi) is 3.42. The number of hydrogen-bond acceptors (Lipinski definition) is 0. The lowest BCUT2D eigenvalue weighted by molar-refractivity contribution is 0.159. The molecule has 0 amide bonds. The summed E-state index contributed by atoms with van der Waals surface area (Å²) in [5.41, 5.74) is 0. The van der Waals surface area contributed by atoms with Crippen LogP contribution in [0.15, 0.2) is 0 Å². The molecule has 5 unspecified atom stereocenters. The van der Waals surface area contributed by atoms with Gasteiger partial charge in [0.1, 0.15) is 0 Å². The topological polar surface area (TPSA) is 0 Å². The molecule has 0 aromatic carbocycles. The van der Waals surface area contributed by atoms with Crippen molar-refractivity contribution in [1.82, 2.24) is 0 Å². The third-order valence-corrected chi connectivity index (χ3v) is 5.27. The Hall–Kier alpha value is 0.290. The summed E-state index contributed by atoms with van der Waals surface area (Å²) in [6.45, 7) is 4.84. The van der Waals surface area contributed by atoms with Crippen molar-refractivity contribution in [1.29, 1.82) is 0 Å². The summed E-state index contributed by atoms with van der Waals surface area (Å²) in [6, 6.07) is 0. The SMILES string of the molecule is CC1CCC(C2CCCC2Cl)CC1C. The van der Waals surface area contributed by atoms with Gasteiger partial charge in [0.25, 0.3) is 0 Å². The van der Waals surface area contributed by atoms with Crippen LogP contribution in [-0.2, 0) is 0 Å². The lowest BCUT2D eigenvalue weighted by Gasteiger charge is -2.36. The van der Waals surface area contributed by atoms with Gasteiger partial charge in [-0.1, -0.05) is 26.7 Å². The molecular formula is C13H23Cl. The molecule has 0 N–H and O–H groups in total. The summed E-state index contributed by atoms with van der Waals surface area (Å²) >= 11 is 6.40. The van der Waals surface area contributed by atoms with Gasteiger partial charge in [-0.05, 0) is 49.4 Å². The second-order valence-corrected chi connectivity index (χ2v) is 6.20. The van der Waals surface area contributed by atoms with Gasteiger partial charge in [-0.3, -0.25) is 0 Å². The maximum absolute atomic E-state index is 6.40. The van der Waals surface area contributed by atoms with Crippen molar-refractivity contribution in [2.24, 2.45) is 23.7 Å². The number of hydrogen-bond donors (Lipinski definition) is 0. The van der Waals surface area contributed by atoms with Crippen LogP contribution in [0.4, 0.5) is 0 Å². The maximum Gasteiger partial charge on any atom is 0.0366 e. The minimum Gasteiger partial charge on any atom is -0.123 e. The quantitative estimate of drug-likeness (QED) is 0.566. The lowest BCUT2D eigenvalue weighted by Crippen LogP contribution is -2.28. The fraction of sp³-hybridized carbons (Fsp3) is 1.00. The molecule has 2 saturated carbocycles. The Morgan fingerprint density at radius 3 is 2.29 bits per heavy atom. The monoisotopic (exact) mass is 214 g/mol. The molecule has 2 rings (SSSR count). The van der Waals surface area contributed by atoms with E-state index < -0.39 is 0 Å². The first-order chi connectivity index (χ1) is 6.68. The second kappa shape index (κ2) is 4.43. The number of halogens is 1. The summed E-state index contributed by atoms with van der Waals surface area (Å²) in [7, 11) is 0. The highest BCUT2D eigenvalue weighted by Gasteiger charge is 2.35. The Bertz CT molecular complexity index is 190. The van der Waals surface area contributed by atoms with Crippen LogP contribution in [0, 0.1) is 23.7 Å². The molecule has 1 heteroatoms. The summed E-state index contributed by atoms with van der Waals surface area (Å²) < 4.78 is 0. The fourth-order valence-corrected chi connectivity index (χ4v) is 3.94. The van der Waals surface area contributed by atoms with E-state index in [-0.39, 0.29) is 0 Å². The van der Waals surface area contributed by atoms with Crippen molar-refractivity contribution >= 4 is 11.6 Å². The molecular weight excluding hydrogens is 192 g/mol. The molecule has 0 saturated heterocycles. The predicted octanol–water partition coefficient (Wildman–Crippen LogP) is 4.47. The fourth-order valence-electron chi connectivity index (χ4n) is 3.45. The van der Waals surface area contributed by atoms with Gasteiger partial charge in [-0.25, -0.2) is 0 Å². The van der Waals surface area contributed by atoms with Crippen LogP contribution in [0.3, 0.4) is 0 Å². The molecule has 0 radical (unpaired) electrons. The molecule has 2 aliphatic rings. The van der Waals surface area contributed by atoms with E-state index in [1.54, 1.807) is 0 Å². The smallest absolute Gasteiger partial charge is 0.0366 e. The van der Waals surface area contributed by atoms with Crippen LogP contribution in [0.5, 0.6) is 0 Å². The van der Waals surface area contributed by atoms with Crippen molar-refractivity contribution < 1.29 is 0 Å². The number of alkyl halides is 1. The normalized spacial score (nSPS) is 49.5. The number of rotatable bonds is 1. The van der Waals surface area contributed by atoms with Gasteiger partial charge in [0.05, 0.1) is 0 Å². The molecule has 0 aliphatic heterocycles. The van der Waals surface area contributed by atoms with Crippen LogP contribution in [0.2, 0.25) is 0 Å². The Morgan fingerprint density at radius 1 is 0.929 bits per heavy atom. The summed E-state index contributed by atoms with van der Waals surface area (Å²) in [6.07, 6.45) is 8.37. The molecule has 14 heavy (non-hydrogen) atoms. The highest BCUT2D eigenvalue weighted by atomic mass is 35.5. The van der Waals surface area contributed by atoms with Crippen LogP contribution >= 0.6 is 11.6 Å². The second-order valence-electron chi connectivity index (χ2n) is 5.64. The van der Waals surface area contributed by atoms with Gasteiger partial charge >= 0.3 is 0 Å². The first kappa shape index (κ1) is 10.8. The van der Waals surface area contributed by atoms with Gasteiger partial charge < -0.3 is 0 Å². The zero-order valence-corrected chi connectivity index (χ0v) is 10.3. The molecule has 0 bridgehead atoms. The van der Waals surface area contributed by atoms with Gasteiger partial charge in [0.2, 0.25) is 0 Å². The third kappa shape index (κ3) is 2.10. The standard InChI is InChI=1S/C13H23Cl/c1-9-6-7-11(8-10(9)2)12-4-3-5-13(12)14/h9-13H,3-8H2,1-2H3. The van der Waals surface area contributed by atoms with E-state index in [1.807, 2.05) is 0 Å². The minimum atomic E-state index is 0.501. The van der Waals surface area contributed by atoms with Gasteiger partial charge in [0, 0.05) is 5.38 Å². The zero-order valence-electron chi connectivity index (χ0n) is 9.51. The van der Waals surface area contributed by atoms with Crippen molar-refractivity contribution in [3.8, 4) is 0 Å². The highest BCUT2D eigenvalue weighted by Crippen LogP contribution is 2.44. The molecule has 5 atom stereocenters. The van der Waals surface area contributed by atoms with Crippen LogP contribution in [0.25, 0.3) is 0 Å². The predicted molar refractivity (Wildman–Crippen MR) is 62.7 cm³/mol. The van der Waals surface area contributed by atoms with Gasteiger partial charge in [0.15, 0.2) is 0 Å². The van der Waals surface area contributed by atoms with Crippen LogP contribution in [0.1, 0.15) is 52.4 Å². The van der Waals surface area contributed by atoms with Crippen molar-refractivity contribution in [2.75, 3.05) is 0 Å². The Labute approximate surface area is 93.4 Å². The molecule has 2 aliphatic carbocycles. The molecule has 0 heterocycles. The summed E-state index contributed by atoms with van der Waals surface area (Å²) in [5, 5.41) is 0.501. The largest absolute Gasteiger partial charge is 0.123 e. The van der Waals surface area contributed by atoms with E-state index in [9.17, 15) is 0 Å². The highest BCUT2D eigenvalue weighted by molar-refractivity contribution is 6.20. The summed E-state index contributed by atoms with van der Waals surface area (Å²) in [5.74, 6) is 3.68. The molecule has 82 valence electrons. The molecule has 2 fully saturated rings. The molecule has 0 spiro atoms. The Balaban J connectivity index is 1.92.